The van der Waals surface area contributed by atoms with Gasteiger partial charge in [0.2, 0.25) is 0 Å². The second kappa shape index (κ2) is 4.45. The third kappa shape index (κ3) is 1.95. The molecule has 5 heteroatoms. The van der Waals surface area contributed by atoms with Crippen LogP contribution in [0.25, 0.3) is 11.3 Å². The molecule has 0 bridgehead atoms. The minimum atomic E-state index is -0.892. The van der Waals surface area contributed by atoms with Gasteiger partial charge >= 0.3 is 0 Å². The van der Waals surface area contributed by atoms with Gasteiger partial charge in [-0.2, -0.15) is 0 Å². The van der Waals surface area contributed by atoms with Crippen molar-refractivity contribution in [1.29, 1.82) is 0 Å². The van der Waals surface area contributed by atoms with E-state index in [9.17, 15) is 8.78 Å². The van der Waals surface area contributed by atoms with Gasteiger partial charge in [-0.05, 0) is 19.1 Å². The van der Waals surface area contributed by atoms with E-state index in [4.69, 9.17) is 0 Å². The molecule has 2 aromatic rings. The quantitative estimate of drug-likeness (QED) is 0.869. The summed E-state index contributed by atoms with van der Waals surface area (Å²) < 4.78 is 26.8. The predicted molar refractivity (Wildman–Crippen MR) is 61.7 cm³/mol. The molecule has 1 N–H and O–H groups in total. The maximum absolute atomic E-state index is 13.6. The molecule has 0 unspecified atom stereocenters. The first kappa shape index (κ1) is 11.4. The fraction of sp³-hybridized carbons (Fsp3) is 0.167. The molecule has 0 saturated heterocycles. The van der Waals surface area contributed by atoms with E-state index in [0.717, 1.165) is 6.07 Å². The molecule has 0 aliphatic heterocycles. The van der Waals surface area contributed by atoms with Gasteiger partial charge in [0.15, 0.2) is 11.6 Å². The fourth-order valence-corrected chi connectivity index (χ4v) is 1.66. The number of hydrogen-bond acceptors (Lipinski definition) is 3. The molecule has 17 heavy (non-hydrogen) atoms. The lowest BCUT2D eigenvalue weighted by atomic mass is 10.1. The molecular weight excluding hydrogens is 224 g/mol. The Morgan fingerprint density at radius 1 is 1.18 bits per heavy atom. The van der Waals surface area contributed by atoms with Crippen LogP contribution < -0.4 is 5.32 Å². The number of aromatic nitrogens is 2. The molecule has 0 aliphatic carbocycles. The van der Waals surface area contributed by atoms with E-state index < -0.39 is 11.6 Å². The predicted octanol–water partition coefficient (Wildman–Crippen LogP) is 2.77. The monoisotopic (exact) mass is 235 g/mol. The van der Waals surface area contributed by atoms with Crippen LogP contribution in [-0.4, -0.2) is 17.0 Å². The number of hydrogen-bond donors (Lipinski definition) is 1. The number of nitrogens with one attached hydrogen (secondary N) is 1. The van der Waals surface area contributed by atoms with E-state index >= 15 is 0 Å². The van der Waals surface area contributed by atoms with E-state index in [1.54, 1.807) is 14.0 Å². The van der Waals surface area contributed by atoms with Crippen LogP contribution in [0.2, 0.25) is 0 Å². The second-order valence-corrected chi connectivity index (χ2v) is 3.55. The van der Waals surface area contributed by atoms with Crippen molar-refractivity contribution in [2.24, 2.45) is 0 Å². The van der Waals surface area contributed by atoms with Gasteiger partial charge in [-0.3, -0.25) is 0 Å². The van der Waals surface area contributed by atoms with Crippen LogP contribution in [0.3, 0.4) is 0 Å². The van der Waals surface area contributed by atoms with Gasteiger partial charge < -0.3 is 5.32 Å². The first-order valence-electron chi connectivity index (χ1n) is 5.09. The third-order valence-electron chi connectivity index (χ3n) is 2.53. The normalized spacial score (nSPS) is 10.4. The Kier molecular flexibility index (Phi) is 2.99. The Hall–Kier alpha value is -2.04. The van der Waals surface area contributed by atoms with Crippen molar-refractivity contribution in [3.8, 4) is 11.3 Å². The molecule has 0 fully saturated rings. The zero-order valence-corrected chi connectivity index (χ0v) is 9.46. The molecule has 1 aromatic heterocycles. The van der Waals surface area contributed by atoms with Gasteiger partial charge in [-0.1, -0.05) is 6.07 Å². The van der Waals surface area contributed by atoms with E-state index in [2.05, 4.69) is 15.3 Å². The van der Waals surface area contributed by atoms with E-state index in [1.165, 1.54) is 18.5 Å². The van der Waals surface area contributed by atoms with Crippen molar-refractivity contribution in [1.82, 2.24) is 9.97 Å². The molecule has 1 heterocycles. The van der Waals surface area contributed by atoms with Crippen molar-refractivity contribution in [3.05, 3.63) is 41.7 Å². The summed E-state index contributed by atoms with van der Waals surface area (Å²) in [5, 5.41) is 2.87. The number of nitrogens with zero attached hydrogens (tertiary/aromatic N) is 2. The Bertz CT molecular complexity index is 555. The molecule has 0 radical (unpaired) electrons. The van der Waals surface area contributed by atoms with Gasteiger partial charge in [0, 0.05) is 18.2 Å². The average molecular weight is 235 g/mol. The van der Waals surface area contributed by atoms with Crippen LogP contribution in [0.15, 0.2) is 24.5 Å². The van der Waals surface area contributed by atoms with Crippen LogP contribution >= 0.6 is 0 Å². The Morgan fingerprint density at radius 2 is 1.94 bits per heavy atom. The van der Waals surface area contributed by atoms with Crippen LogP contribution in [0, 0.1) is 18.6 Å². The van der Waals surface area contributed by atoms with E-state index in [0.29, 0.717) is 17.1 Å². The summed E-state index contributed by atoms with van der Waals surface area (Å²) in [4.78, 5) is 8.00. The number of anilines is 1. The summed E-state index contributed by atoms with van der Waals surface area (Å²) in [6, 6.07) is 4.02. The van der Waals surface area contributed by atoms with Gasteiger partial charge in [-0.25, -0.2) is 18.7 Å². The first-order chi connectivity index (χ1) is 8.15. The minimum Gasteiger partial charge on any atom is -0.373 e. The van der Waals surface area contributed by atoms with Crippen molar-refractivity contribution < 1.29 is 8.78 Å². The van der Waals surface area contributed by atoms with Crippen LogP contribution in [-0.2, 0) is 0 Å². The summed E-state index contributed by atoms with van der Waals surface area (Å²) in [7, 11) is 1.71. The maximum atomic E-state index is 13.6. The number of benzene rings is 1. The maximum Gasteiger partial charge on any atom is 0.168 e. The number of rotatable bonds is 2. The summed E-state index contributed by atoms with van der Waals surface area (Å²) in [5.41, 5.74) is 1.21. The highest BCUT2D eigenvalue weighted by atomic mass is 19.2. The van der Waals surface area contributed by atoms with Gasteiger partial charge in [-0.15, -0.1) is 0 Å². The standard InChI is InChI=1S/C12H11F2N3/c1-7-11(16-6-17-12(7)15-2)8-4-3-5-9(13)10(8)14/h3-6H,1-2H3,(H,15,16,17). The lowest BCUT2D eigenvalue weighted by molar-refractivity contribution is 0.511. The highest BCUT2D eigenvalue weighted by molar-refractivity contribution is 5.68. The summed E-state index contributed by atoms with van der Waals surface area (Å²) in [5.74, 6) is -1.18. The number of halogens is 2. The molecular formula is C12H11F2N3. The molecule has 0 aliphatic rings. The lowest BCUT2D eigenvalue weighted by Gasteiger charge is -2.09. The minimum absolute atomic E-state index is 0.140. The topological polar surface area (TPSA) is 37.8 Å². The van der Waals surface area contributed by atoms with Crippen molar-refractivity contribution in [3.63, 3.8) is 0 Å². The van der Waals surface area contributed by atoms with E-state index in [-0.39, 0.29) is 5.56 Å². The van der Waals surface area contributed by atoms with Crippen molar-refractivity contribution in [2.75, 3.05) is 12.4 Å². The average Bonchev–Trinajstić information content (AvgIpc) is 2.33. The van der Waals surface area contributed by atoms with Crippen LogP contribution in [0.4, 0.5) is 14.6 Å². The summed E-state index contributed by atoms with van der Waals surface area (Å²) >= 11 is 0. The SMILES string of the molecule is CNc1ncnc(-c2cccc(F)c2F)c1C. The van der Waals surface area contributed by atoms with Gasteiger partial charge in [0.1, 0.15) is 12.1 Å². The lowest BCUT2D eigenvalue weighted by Crippen LogP contribution is -2.01. The third-order valence-corrected chi connectivity index (χ3v) is 2.53. The highest BCUT2D eigenvalue weighted by Gasteiger charge is 2.14. The Balaban J connectivity index is 2.65. The van der Waals surface area contributed by atoms with Gasteiger partial charge in [0.25, 0.3) is 0 Å². The smallest absolute Gasteiger partial charge is 0.168 e. The van der Waals surface area contributed by atoms with Crippen molar-refractivity contribution in [2.45, 2.75) is 6.92 Å². The molecule has 2 rings (SSSR count). The van der Waals surface area contributed by atoms with Crippen molar-refractivity contribution >= 4 is 5.82 Å². The fourth-order valence-electron chi connectivity index (χ4n) is 1.66. The zero-order chi connectivity index (χ0) is 12.4. The molecule has 0 saturated carbocycles. The molecule has 0 amide bonds. The Morgan fingerprint density at radius 3 is 2.65 bits per heavy atom. The molecule has 88 valence electrons. The molecule has 0 spiro atoms. The second-order valence-electron chi connectivity index (χ2n) is 3.55. The zero-order valence-electron chi connectivity index (χ0n) is 9.46. The van der Waals surface area contributed by atoms with E-state index in [1.807, 2.05) is 0 Å². The van der Waals surface area contributed by atoms with Gasteiger partial charge in [0.05, 0.1) is 5.69 Å². The largest absolute Gasteiger partial charge is 0.373 e. The first-order valence-corrected chi connectivity index (χ1v) is 5.09. The molecule has 1 aromatic carbocycles. The highest BCUT2D eigenvalue weighted by Crippen LogP contribution is 2.27. The van der Waals surface area contributed by atoms with Crippen LogP contribution in [0.1, 0.15) is 5.56 Å². The molecule has 0 atom stereocenters. The molecule has 3 nitrogen and oxygen atoms in total. The summed E-state index contributed by atoms with van der Waals surface area (Å²) in [6.45, 7) is 1.76. The van der Waals surface area contributed by atoms with Crippen LogP contribution in [0.5, 0.6) is 0 Å². The summed E-state index contributed by atoms with van der Waals surface area (Å²) in [6.07, 6.45) is 1.32. The Labute approximate surface area is 97.5 Å².